The van der Waals surface area contributed by atoms with E-state index in [4.69, 9.17) is 4.74 Å². The van der Waals surface area contributed by atoms with E-state index in [-0.39, 0.29) is 18.4 Å². The number of carbonyl (C=O) groups excluding carboxylic acids is 1. The Kier molecular flexibility index (Phi) is 4.30. The van der Waals surface area contributed by atoms with Crippen LogP contribution in [0.3, 0.4) is 0 Å². The second-order valence-corrected chi connectivity index (χ2v) is 4.74. The third-order valence-electron chi connectivity index (χ3n) is 3.24. The summed E-state index contributed by atoms with van der Waals surface area (Å²) in [6.07, 6.45) is 3.74. The minimum absolute atomic E-state index is 0.0166. The van der Waals surface area contributed by atoms with E-state index in [0.29, 0.717) is 17.9 Å². The van der Waals surface area contributed by atoms with Crippen molar-refractivity contribution >= 4 is 5.91 Å². The summed E-state index contributed by atoms with van der Waals surface area (Å²) in [5.41, 5.74) is 1.28. The lowest BCUT2D eigenvalue weighted by Gasteiger charge is -2.27. The number of likely N-dealkylation sites (N-methyl/N-ethyl adjacent to an activating group) is 1. The van der Waals surface area contributed by atoms with E-state index in [2.05, 4.69) is 14.9 Å². The quantitative estimate of drug-likeness (QED) is 0.799. The number of hydrogen-bond donors (Lipinski definition) is 0. The van der Waals surface area contributed by atoms with Gasteiger partial charge in [0, 0.05) is 20.2 Å². The van der Waals surface area contributed by atoms with Gasteiger partial charge in [0.05, 0.1) is 12.5 Å². The van der Waals surface area contributed by atoms with Crippen LogP contribution in [0.25, 0.3) is 0 Å². The number of rotatable bonds is 4. The maximum atomic E-state index is 12.0. The molecule has 1 aromatic heterocycles. The van der Waals surface area contributed by atoms with Crippen molar-refractivity contribution in [3.63, 3.8) is 0 Å². The molecule has 0 radical (unpaired) electrons. The van der Waals surface area contributed by atoms with Gasteiger partial charge in [-0.25, -0.2) is 4.63 Å². The molecule has 0 unspecified atom stereocenters. The average molecular weight is 253 g/mol. The average Bonchev–Trinajstić information content (AvgIpc) is 2.76. The lowest BCUT2D eigenvalue weighted by molar-refractivity contribution is -0.131. The minimum Gasteiger partial charge on any atom is -0.376 e. The molecule has 100 valence electrons. The summed E-state index contributed by atoms with van der Waals surface area (Å²) < 4.78 is 10.2. The highest BCUT2D eigenvalue weighted by atomic mass is 16.6. The molecule has 2 heterocycles. The third-order valence-corrected chi connectivity index (χ3v) is 3.24. The largest absolute Gasteiger partial charge is 0.376 e. The number of carbonyl (C=O) groups is 1. The summed E-state index contributed by atoms with van der Waals surface area (Å²) in [4.78, 5) is 13.7. The van der Waals surface area contributed by atoms with Crippen LogP contribution < -0.4 is 0 Å². The molecular weight excluding hydrogens is 234 g/mol. The first-order chi connectivity index (χ1) is 8.66. The third kappa shape index (κ3) is 3.29. The Balaban J connectivity index is 1.83. The second kappa shape index (κ2) is 5.95. The Morgan fingerprint density at radius 1 is 1.44 bits per heavy atom. The minimum atomic E-state index is 0.0166. The monoisotopic (exact) mass is 253 g/mol. The van der Waals surface area contributed by atoms with Gasteiger partial charge in [0.1, 0.15) is 11.4 Å². The van der Waals surface area contributed by atoms with Crippen molar-refractivity contribution in [2.75, 3.05) is 20.2 Å². The summed E-state index contributed by atoms with van der Waals surface area (Å²) >= 11 is 0. The predicted molar refractivity (Wildman–Crippen MR) is 64.0 cm³/mol. The van der Waals surface area contributed by atoms with Crippen molar-refractivity contribution < 1.29 is 14.2 Å². The Morgan fingerprint density at radius 2 is 2.28 bits per heavy atom. The number of aryl methyl sites for hydroxylation is 1. The van der Waals surface area contributed by atoms with E-state index in [1.165, 1.54) is 6.42 Å². The van der Waals surface area contributed by atoms with Crippen LogP contribution in [0.4, 0.5) is 0 Å². The van der Waals surface area contributed by atoms with Crippen LogP contribution in [-0.4, -0.2) is 47.4 Å². The van der Waals surface area contributed by atoms with E-state index in [1.807, 2.05) is 0 Å². The molecule has 0 saturated carbocycles. The number of ether oxygens (including phenoxy) is 1. The van der Waals surface area contributed by atoms with Gasteiger partial charge in [-0.15, -0.1) is 0 Å². The SMILES string of the molecule is Cc1nonc1CC(=O)N(C)C[C@H]1CCCCO1. The number of nitrogens with zero attached hydrogens (tertiary/aromatic N) is 3. The molecule has 0 aromatic carbocycles. The topological polar surface area (TPSA) is 68.5 Å². The first-order valence-electron chi connectivity index (χ1n) is 6.30. The van der Waals surface area contributed by atoms with Crippen LogP contribution in [0.1, 0.15) is 30.7 Å². The van der Waals surface area contributed by atoms with Crippen LogP contribution >= 0.6 is 0 Å². The maximum absolute atomic E-state index is 12.0. The highest BCUT2D eigenvalue weighted by Crippen LogP contribution is 2.14. The summed E-state index contributed by atoms with van der Waals surface area (Å²) in [6, 6.07) is 0. The van der Waals surface area contributed by atoms with Crippen LogP contribution in [0.5, 0.6) is 0 Å². The smallest absolute Gasteiger partial charge is 0.228 e. The van der Waals surface area contributed by atoms with Crippen LogP contribution in [0.15, 0.2) is 4.63 Å². The Hall–Kier alpha value is -1.43. The molecule has 18 heavy (non-hydrogen) atoms. The van der Waals surface area contributed by atoms with E-state index in [0.717, 1.165) is 19.4 Å². The molecule has 1 amide bonds. The second-order valence-electron chi connectivity index (χ2n) is 4.74. The normalized spacial score (nSPS) is 19.8. The van der Waals surface area contributed by atoms with Crippen molar-refractivity contribution in [3.05, 3.63) is 11.4 Å². The fourth-order valence-electron chi connectivity index (χ4n) is 2.05. The molecular formula is C12H19N3O3. The van der Waals surface area contributed by atoms with Gasteiger partial charge in [0.15, 0.2) is 0 Å². The van der Waals surface area contributed by atoms with Crippen molar-refractivity contribution in [1.29, 1.82) is 0 Å². The molecule has 6 nitrogen and oxygen atoms in total. The summed E-state index contributed by atoms with van der Waals surface area (Å²) in [6.45, 7) is 3.23. The van der Waals surface area contributed by atoms with E-state index in [9.17, 15) is 4.79 Å². The molecule has 0 N–H and O–H groups in total. The lowest BCUT2D eigenvalue weighted by atomic mass is 10.1. The summed E-state index contributed by atoms with van der Waals surface area (Å²) in [5, 5.41) is 7.38. The van der Waals surface area contributed by atoms with Crippen molar-refractivity contribution in [3.8, 4) is 0 Å². The maximum Gasteiger partial charge on any atom is 0.228 e. The van der Waals surface area contributed by atoms with Crippen molar-refractivity contribution in [1.82, 2.24) is 15.2 Å². The number of hydrogen-bond acceptors (Lipinski definition) is 5. The van der Waals surface area contributed by atoms with Gasteiger partial charge in [-0.2, -0.15) is 0 Å². The summed E-state index contributed by atoms with van der Waals surface area (Å²) in [7, 11) is 1.79. The molecule has 0 aliphatic carbocycles. The van der Waals surface area contributed by atoms with Gasteiger partial charge >= 0.3 is 0 Å². The van der Waals surface area contributed by atoms with Gasteiger partial charge in [-0.3, -0.25) is 4.79 Å². The zero-order chi connectivity index (χ0) is 13.0. The standard InChI is InChI=1S/C12H19N3O3/c1-9-11(14-18-13-9)7-12(16)15(2)8-10-5-3-4-6-17-10/h10H,3-8H2,1-2H3/t10-/m1/s1. The zero-order valence-electron chi connectivity index (χ0n) is 10.9. The molecule has 0 bridgehead atoms. The highest BCUT2D eigenvalue weighted by molar-refractivity contribution is 5.78. The van der Waals surface area contributed by atoms with E-state index >= 15 is 0 Å². The van der Waals surface area contributed by atoms with Gasteiger partial charge < -0.3 is 9.64 Å². The Labute approximate surface area is 106 Å². The van der Waals surface area contributed by atoms with E-state index < -0.39 is 0 Å². The van der Waals surface area contributed by atoms with Crippen LogP contribution in [0, 0.1) is 6.92 Å². The fraction of sp³-hybridized carbons (Fsp3) is 0.750. The van der Waals surface area contributed by atoms with Crippen LogP contribution in [0.2, 0.25) is 0 Å². The van der Waals surface area contributed by atoms with Gasteiger partial charge in [-0.1, -0.05) is 10.3 Å². The first-order valence-corrected chi connectivity index (χ1v) is 6.30. The molecule has 1 aliphatic heterocycles. The molecule has 1 fully saturated rings. The molecule has 6 heteroatoms. The lowest BCUT2D eigenvalue weighted by Crippen LogP contribution is -2.37. The van der Waals surface area contributed by atoms with Crippen molar-refractivity contribution in [2.24, 2.45) is 0 Å². The Bertz CT molecular complexity index is 399. The number of amides is 1. The highest BCUT2D eigenvalue weighted by Gasteiger charge is 2.20. The van der Waals surface area contributed by atoms with Gasteiger partial charge in [0.25, 0.3) is 0 Å². The van der Waals surface area contributed by atoms with E-state index in [1.54, 1.807) is 18.9 Å². The van der Waals surface area contributed by atoms with Gasteiger partial charge in [-0.05, 0) is 26.2 Å². The molecule has 1 aromatic rings. The zero-order valence-corrected chi connectivity index (χ0v) is 10.9. The van der Waals surface area contributed by atoms with Crippen LogP contribution in [-0.2, 0) is 16.0 Å². The van der Waals surface area contributed by atoms with Gasteiger partial charge in [0.2, 0.25) is 5.91 Å². The first kappa shape index (κ1) is 13.0. The molecule has 1 atom stereocenters. The van der Waals surface area contributed by atoms with Crippen molar-refractivity contribution in [2.45, 2.75) is 38.7 Å². The molecule has 1 aliphatic rings. The molecule has 1 saturated heterocycles. The summed E-state index contributed by atoms with van der Waals surface area (Å²) in [5.74, 6) is 0.0166. The molecule has 2 rings (SSSR count). The fourth-order valence-corrected chi connectivity index (χ4v) is 2.05. The Morgan fingerprint density at radius 3 is 2.89 bits per heavy atom. The molecule has 0 spiro atoms. The predicted octanol–water partition coefficient (Wildman–Crippen LogP) is 0.948. The number of aromatic nitrogens is 2.